The summed E-state index contributed by atoms with van der Waals surface area (Å²) >= 11 is 0. The number of nitrogens with zero attached hydrogens (tertiary/aromatic N) is 2. The van der Waals surface area contributed by atoms with Gasteiger partial charge in [-0.2, -0.15) is 0 Å². The van der Waals surface area contributed by atoms with Gasteiger partial charge in [-0.1, -0.05) is 13.8 Å². The van der Waals surface area contributed by atoms with Crippen molar-refractivity contribution in [2.45, 2.75) is 39.3 Å². The van der Waals surface area contributed by atoms with E-state index in [2.05, 4.69) is 42.1 Å². The van der Waals surface area contributed by atoms with Crippen LogP contribution in [0.15, 0.2) is 18.2 Å². The highest BCUT2D eigenvalue weighted by molar-refractivity contribution is 5.48. The maximum absolute atomic E-state index is 13.8. The monoisotopic (exact) mass is 293 g/mol. The number of hydrogen-bond donors (Lipinski definition) is 1. The van der Waals surface area contributed by atoms with Crippen molar-refractivity contribution < 1.29 is 4.39 Å². The lowest BCUT2D eigenvalue weighted by molar-refractivity contribution is 0.270. The van der Waals surface area contributed by atoms with Crippen LogP contribution in [0.2, 0.25) is 0 Å². The molecule has 1 N–H and O–H groups in total. The zero-order valence-electron chi connectivity index (χ0n) is 13.5. The molecule has 1 aliphatic heterocycles. The van der Waals surface area contributed by atoms with Gasteiger partial charge in [0.2, 0.25) is 0 Å². The quantitative estimate of drug-likeness (QED) is 0.834. The van der Waals surface area contributed by atoms with Gasteiger partial charge in [0.1, 0.15) is 5.82 Å². The van der Waals surface area contributed by atoms with E-state index in [1.54, 1.807) is 12.1 Å². The Kier molecular flexibility index (Phi) is 6.00. The number of nitrogens with one attached hydrogen (secondary N) is 1. The second-order valence-corrected chi connectivity index (χ2v) is 5.90. The summed E-state index contributed by atoms with van der Waals surface area (Å²) in [5.74, 6) is -0.147. The first kappa shape index (κ1) is 16.2. The predicted molar refractivity (Wildman–Crippen MR) is 87.3 cm³/mol. The van der Waals surface area contributed by atoms with E-state index in [1.165, 1.54) is 19.4 Å². The Morgan fingerprint density at radius 1 is 1.33 bits per heavy atom. The molecular weight excluding hydrogens is 265 g/mol. The van der Waals surface area contributed by atoms with Crippen LogP contribution in [0.25, 0.3) is 0 Å². The van der Waals surface area contributed by atoms with Crippen LogP contribution in [0.1, 0.15) is 32.3 Å². The van der Waals surface area contributed by atoms with E-state index in [-0.39, 0.29) is 5.82 Å². The molecule has 0 aromatic heterocycles. The molecule has 21 heavy (non-hydrogen) atoms. The number of likely N-dealkylation sites (N-methyl/N-ethyl adjacent to an activating group) is 2. The third kappa shape index (κ3) is 4.42. The minimum Gasteiger partial charge on any atom is -0.373 e. The van der Waals surface area contributed by atoms with Crippen molar-refractivity contribution in [2.75, 3.05) is 38.1 Å². The number of benzene rings is 1. The zero-order valence-corrected chi connectivity index (χ0v) is 13.5. The molecule has 1 heterocycles. The van der Waals surface area contributed by atoms with E-state index in [0.717, 1.165) is 37.4 Å². The molecule has 3 nitrogen and oxygen atoms in total. The maximum Gasteiger partial charge on any atom is 0.125 e. The number of anilines is 1. The Hall–Kier alpha value is -1.13. The van der Waals surface area contributed by atoms with Crippen molar-refractivity contribution in [2.24, 2.45) is 0 Å². The van der Waals surface area contributed by atoms with Gasteiger partial charge in [0.05, 0.1) is 0 Å². The van der Waals surface area contributed by atoms with E-state index >= 15 is 0 Å². The van der Waals surface area contributed by atoms with E-state index < -0.39 is 0 Å². The summed E-state index contributed by atoms with van der Waals surface area (Å²) in [6, 6.07) is 5.95. The van der Waals surface area contributed by atoms with Crippen LogP contribution < -0.4 is 10.2 Å². The van der Waals surface area contributed by atoms with Crippen LogP contribution in [0.5, 0.6) is 0 Å². The van der Waals surface area contributed by atoms with Crippen LogP contribution in [0, 0.1) is 5.82 Å². The normalized spacial score (nSPS) is 19.1. The van der Waals surface area contributed by atoms with Crippen molar-refractivity contribution in [3.63, 3.8) is 0 Å². The second-order valence-electron chi connectivity index (χ2n) is 5.90. The van der Waals surface area contributed by atoms with Crippen molar-refractivity contribution in [3.05, 3.63) is 29.6 Å². The summed E-state index contributed by atoms with van der Waals surface area (Å²) in [4.78, 5) is 4.71. The molecule has 4 heteroatoms. The molecule has 2 rings (SSSR count). The average molecular weight is 293 g/mol. The smallest absolute Gasteiger partial charge is 0.125 e. The first-order valence-corrected chi connectivity index (χ1v) is 8.09. The highest BCUT2D eigenvalue weighted by Gasteiger charge is 2.24. The number of rotatable bonds is 7. The molecule has 0 aliphatic carbocycles. The first-order chi connectivity index (χ1) is 10.1. The molecule has 0 amide bonds. The lowest BCUT2D eigenvalue weighted by Gasteiger charge is -2.29. The highest BCUT2D eigenvalue weighted by atomic mass is 19.1. The molecule has 0 spiro atoms. The molecule has 1 unspecified atom stereocenters. The van der Waals surface area contributed by atoms with Crippen LogP contribution in [0.4, 0.5) is 10.1 Å². The second kappa shape index (κ2) is 7.76. The van der Waals surface area contributed by atoms with Gasteiger partial charge >= 0.3 is 0 Å². The fraction of sp³-hybridized carbons (Fsp3) is 0.647. The highest BCUT2D eigenvalue weighted by Crippen LogP contribution is 2.22. The Balaban J connectivity index is 2.04. The van der Waals surface area contributed by atoms with Gasteiger partial charge in [-0.15, -0.1) is 0 Å². The van der Waals surface area contributed by atoms with Crippen molar-refractivity contribution in [1.29, 1.82) is 0 Å². The van der Waals surface area contributed by atoms with Gasteiger partial charge in [0.25, 0.3) is 0 Å². The molecule has 0 saturated carbocycles. The van der Waals surface area contributed by atoms with Crippen molar-refractivity contribution in [1.82, 2.24) is 10.2 Å². The first-order valence-electron chi connectivity index (χ1n) is 8.09. The SMILES string of the molecule is CCNCc1cc(F)cc(N(C)CC2CCCN2CC)c1. The Morgan fingerprint density at radius 3 is 2.86 bits per heavy atom. The van der Waals surface area contributed by atoms with Crippen molar-refractivity contribution >= 4 is 5.69 Å². The zero-order chi connectivity index (χ0) is 15.2. The van der Waals surface area contributed by atoms with Crippen LogP contribution in [-0.2, 0) is 6.54 Å². The fourth-order valence-electron chi connectivity index (χ4n) is 3.16. The van der Waals surface area contributed by atoms with Gasteiger partial charge in [-0.3, -0.25) is 4.90 Å². The average Bonchev–Trinajstić information content (AvgIpc) is 2.91. The topological polar surface area (TPSA) is 18.5 Å². The minimum absolute atomic E-state index is 0.147. The molecule has 1 saturated heterocycles. The van der Waals surface area contributed by atoms with E-state index in [1.807, 2.05) is 0 Å². The van der Waals surface area contributed by atoms with E-state index in [0.29, 0.717) is 6.04 Å². The van der Waals surface area contributed by atoms with Gasteiger partial charge in [0, 0.05) is 31.9 Å². The Morgan fingerprint density at radius 2 is 2.14 bits per heavy atom. The van der Waals surface area contributed by atoms with Crippen LogP contribution in [-0.4, -0.2) is 44.2 Å². The molecule has 1 atom stereocenters. The Labute approximate surface area is 128 Å². The summed E-state index contributed by atoms with van der Waals surface area (Å²) in [7, 11) is 2.07. The number of hydrogen-bond acceptors (Lipinski definition) is 3. The van der Waals surface area contributed by atoms with Crippen LogP contribution >= 0.6 is 0 Å². The fourth-order valence-corrected chi connectivity index (χ4v) is 3.16. The summed E-state index contributed by atoms with van der Waals surface area (Å²) in [5.41, 5.74) is 1.99. The number of likely N-dealkylation sites (tertiary alicyclic amines) is 1. The van der Waals surface area contributed by atoms with Crippen molar-refractivity contribution in [3.8, 4) is 0 Å². The van der Waals surface area contributed by atoms with Gasteiger partial charge in [-0.25, -0.2) is 4.39 Å². The summed E-state index contributed by atoms with van der Waals surface area (Å²) in [6.07, 6.45) is 2.53. The van der Waals surface area contributed by atoms with Gasteiger partial charge in [-0.05, 0) is 56.2 Å². The van der Waals surface area contributed by atoms with Crippen LogP contribution in [0.3, 0.4) is 0 Å². The standard InChI is InChI=1S/C17H28FN3/c1-4-19-12-14-9-15(18)11-17(10-14)20(3)13-16-7-6-8-21(16)5-2/h9-11,16,19H,4-8,12-13H2,1-3H3. The third-order valence-corrected chi connectivity index (χ3v) is 4.35. The summed E-state index contributed by atoms with van der Waals surface area (Å²) in [6.45, 7) is 9.17. The molecule has 0 bridgehead atoms. The van der Waals surface area contributed by atoms with Gasteiger partial charge in [0.15, 0.2) is 0 Å². The lowest BCUT2D eigenvalue weighted by atomic mass is 10.1. The van der Waals surface area contributed by atoms with E-state index in [9.17, 15) is 4.39 Å². The minimum atomic E-state index is -0.147. The molecule has 1 aliphatic rings. The predicted octanol–water partition coefficient (Wildman–Crippen LogP) is 2.86. The molecule has 1 aromatic carbocycles. The van der Waals surface area contributed by atoms with E-state index in [4.69, 9.17) is 0 Å². The molecule has 1 fully saturated rings. The summed E-state index contributed by atoms with van der Waals surface area (Å²) < 4.78 is 13.8. The largest absolute Gasteiger partial charge is 0.373 e. The summed E-state index contributed by atoms with van der Waals surface area (Å²) in [5, 5.41) is 3.25. The molecular formula is C17H28FN3. The molecule has 0 radical (unpaired) electrons. The number of halogens is 1. The molecule has 1 aromatic rings. The maximum atomic E-state index is 13.8. The lowest BCUT2D eigenvalue weighted by Crippen LogP contribution is -2.38. The third-order valence-electron chi connectivity index (χ3n) is 4.35. The molecule has 118 valence electrons. The van der Waals surface area contributed by atoms with Gasteiger partial charge < -0.3 is 10.2 Å². The Bertz CT molecular complexity index is 450.